The summed E-state index contributed by atoms with van der Waals surface area (Å²) >= 11 is 3.50. The topological polar surface area (TPSA) is 85.9 Å². The van der Waals surface area contributed by atoms with Gasteiger partial charge >= 0.3 is 0 Å². The molecule has 0 aromatic heterocycles. The normalized spacial score (nSPS) is 17.7. The smallest absolute Gasteiger partial charge is 0.254 e. The van der Waals surface area contributed by atoms with Gasteiger partial charge in [0, 0.05) is 34.5 Å². The van der Waals surface area contributed by atoms with Crippen molar-refractivity contribution in [1.29, 1.82) is 0 Å². The Bertz CT molecular complexity index is 1220. The third kappa shape index (κ3) is 4.30. The number of ether oxygens (including phenoxy) is 3. The summed E-state index contributed by atoms with van der Waals surface area (Å²) in [6.45, 7) is 1.86. The monoisotopic (exact) mass is 526 g/mol. The van der Waals surface area contributed by atoms with Gasteiger partial charge in [0.1, 0.15) is 17.2 Å². The number of amides is 1. The number of carbonyl (C=O) groups excluding carboxylic acids is 2. The van der Waals surface area contributed by atoms with E-state index in [0.717, 1.165) is 23.0 Å². The van der Waals surface area contributed by atoms with Crippen LogP contribution in [0.3, 0.4) is 0 Å². The van der Waals surface area contributed by atoms with Gasteiger partial charge in [0.15, 0.2) is 5.78 Å². The van der Waals surface area contributed by atoms with Crippen LogP contribution in [-0.2, 0) is 9.59 Å². The number of halogens is 1. The molecule has 0 saturated carbocycles. The summed E-state index contributed by atoms with van der Waals surface area (Å²) in [5.41, 5.74) is 3.83. The highest BCUT2D eigenvalue weighted by molar-refractivity contribution is 9.10. The summed E-state index contributed by atoms with van der Waals surface area (Å²) < 4.78 is 17.4. The first kappa shape index (κ1) is 23.9. The Morgan fingerprint density at radius 1 is 1.03 bits per heavy atom. The first-order valence-corrected chi connectivity index (χ1v) is 11.8. The van der Waals surface area contributed by atoms with Gasteiger partial charge < -0.3 is 24.8 Å². The molecule has 0 bridgehead atoms. The highest BCUT2D eigenvalue weighted by Gasteiger charge is 2.40. The van der Waals surface area contributed by atoms with Crippen molar-refractivity contribution in [3.8, 4) is 17.2 Å². The lowest BCUT2D eigenvalue weighted by atomic mass is 9.74. The van der Waals surface area contributed by atoms with E-state index in [0.29, 0.717) is 51.8 Å². The average Bonchev–Trinajstić information content (AvgIpc) is 2.83. The lowest BCUT2D eigenvalue weighted by Gasteiger charge is -2.35. The molecule has 2 aromatic carbocycles. The molecule has 7 nitrogen and oxygen atoms in total. The minimum Gasteiger partial charge on any atom is -0.496 e. The van der Waals surface area contributed by atoms with Crippen molar-refractivity contribution in [2.75, 3.05) is 26.6 Å². The number of rotatable bonds is 6. The molecule has 8 heteroatoms. The zero-order valence-electron chi connectivity index (χ0n) is 19.6. The Labute approximate surface area is 207 Å². The van der Waals surface area contributed by atoms with Gasteiger partial charge in [0.05, 0.1) is 37.4 Å². The van der Waals surface area contributed by atoms with E-state index in [2.05, 4.69) is 26.6 Å². The molecule has 0 spiro atoms. The zero-order valence-corrected chi connectivity index (χ0v) is 21.2. The number of benzene rings is 2. The maximum Gasteiger partial charge on any atom is 0.254 e. The maximum atomic E-state index is 13.8. The second kappa shape index (κ2) is 9.93. The summed E-state index contributed by atoms with van der Waals surface area (Å²) in [7, 11) is 4.70. The van der Waals surface area contributed by atoms with Crippen LogP contribution in [0.4, 0.5) is 5.69 Å². The number of anilines is 1. The van der Waals surface area contributed by atoms with Crippen molar-refractivity contribution in [1.82, 2.24) is 5.32 Å². The van der Waals surface area contributed by atoms with Crippen molar-refractivity contribution in [3.05, 3.63) is 69.0 Å². The van der Waals surface area contributed by atoms with Crippen LogP contribution in [0, 0.1) is 0 Å². The molecule has 1 atom stereocenters. The molecule has 4 rings (SSSR count). The van der Waals surface area contributed by atoms with E-state index in [-0.39, 0.29) is 11.7 Å². The Kier molecular flexibility index (Phi) is 6.97. The Morgan fingerprint density at radius 2 is 1.74 bits per heavy atom. The maximum absolute atomic E-state index is 13.8. The summed E-state index contributed by atoms with van der Waals surface area (Å²) in [4.78, 5) is 27.0. The Balaban J connectivity index is 1.88. The van der Waals surface area contributed by atoms with E-state index in [9.17, 15) is 9.59 Å². The molecular weight excluding hydrogens is 500 g/mol. The Morgan fingerprint density at radius 3 is 2.44 bits per heavy atom. The SMILES string of the molecule is COc1cc([C@H]2C(C(=O)Nc3ccccc3OC)=C(C)NC3=C2C(=O)CCC3)c(OC)cc1Br. The first-order valence-electron chi connectivity index (χ1n) is 11.0. The molecule has 2 aromatic rings. The molecule has 178 valence electrons. The highest BCUT2D eigenvalue weighted by atomic mass is 79.9. The summed E-state index contributed by atoms with van der Waals surface area (Å²) in [6, 6.07) is 10.8. The molecule has 1 aliphatic heterocycles. The van der Waals surface area contributed by atoms with Gasteiger partial charge in [-0.25, -0.2) is 0 Å². The fourth-order valence-electron chi connectivity index (χ4n) is 4.64. The van der Waals surface area contributed by atoms with Crippen molar-refractivity contribution >= 4 is 33.3 Å². The molecule has 0 fully saturated rings. The molecule has 0 saturated heterocycles. The number of hydrogen-bond acceptors (Lipinski definition) is 6. The number of ketones is 1. The lowest BCUT2D eigenvalue weighted by molar-refractivity contribution is -0.116. The van der Waals surface area contributed by atoms with Crippen LogP contribution >= 0.6 is 15.9 Å². The molecule has 1 aliphatic carbocycles. The van der Waals surface area contributed by atoms with Crippen molar-refractivity contribution in [3.63, 3.8) is 0 Å². The largest absolute Gasteiger partial charge is 0.496 e. The Hall–Kier alpha value is -3.26. The summed E-state index contributed by atoms with van der Waals surface area (Å²) in [5, 5.41) is 6.31. The fourth-order valence-corrected chi connectivity index (χ4v) is 5.13. The predicted molar refractivity (Wildman–Crippen MR) is 133 cm³/mol. The van der Waals surface area contributed by atoms with Crippen LogP contribution in [0.15, 0.2) is 63.4 Å². The first-order chi connectivity index (χ1) is 16.4. The minimum atomic E-state index is -0.615. The number of Topliss-reactive ketones (excluding diaryl/α,β-unsaturated/α-hetero) is 1. The highest BCUT2D eigenvalue weighted by Crippen LogP contribution is 2.47. The number of dihydropyridines is 1. The van der Waals surface area contributed by atoms with E-state index in [1.165, 1.54) is 0 Å². The van der Waals surface area contributed by atoms with Crippen LogP contribution in [0.1, 0.15) is 37.7 Å². The van der Waals surface area contributed by atoms with Crippen LogP contribution < -0.4 is 24.8 Å². The molecule has 2 aliphatic rings. The number of hydrogen-bond donors (Lipinski definition) is 2. The molecule has 2 N–H and O–H groups in total. The van der Waals surface area contributed by atoms with E-state index in [1.54, 1.807) is 39.5 Å². The zero-order chi connectivity index (χ0) is 24.4. The number of carbonyl (C=O) groups is 2. The van der Waals surface area contributed by atoms with E-state index in [1.807, 2.05) is 25.1 Å². The van der Waals surface area contributed by atoms with Gasteiger partial charge in [0.2, 0.25) is 0 Å². The van der Waals surface area contributed by atoms with Crippen molar-refractivity contribution in [2.24, 2.45) is 0 Å². The number of para-hydroxylation sites is 2. The second-order valence-corrected chi connectivity index (χ2v) is 9.00. The van der Waals surface area contributed by atoms with E-state index < -0.39 is 5.92 Å². The third-order valence-electron chi connectivity index (χ3n) is 6.19. The number of methoxy groups -OCH3 is 3. The lowest BCUT2D eigenvalue weighted by Crippen LogP contribution is -2.35. The van der Waals surface area contributed by atoms with Crippen LogP contribution in [0.5, 0.6) is 17.2 Å². The molecule has 0 unspecified atom stereocenters. The molecule has 34 heavy (non-hydrogen) atoms. The summed E-state index contributed by atoms with van der Waals surface area (Å²) in [6.07, 6.45) is 1.95. The molecule has 0 radical (unpaired) electrons. The van der Waals surface area contributed by atoms with Crippen LogP contribution in [0.25, 0.3) is 0 Å². The van der Waals surface area contributed by atoms with Crippen LogP contribution in [-0.4, -0.2) is 33.0 Å². The summed E-state index contributed by atoms with van der Waals surface area (Å²) in [5.74, 6) is 0.773. The van der Waals surface area contributed by atoms with Crippen molar-refractivity contribution < 1.29 is 23.8 Å². The molecule has 1 heterocycles. The van der Waals surface area contributed by atoms with E-state index in [4.69, 9.17) is 14.2 Å². The average molecular weight is 527 g/mol. The van der Waals surface area contributed by atoms with Gasteiger partial charge in [-0.1, -0.05) is 12.1 Å². The third-order valence-corrected chi connectivity index (χ3v) is 6.81. The van der Waals surface area contributed by atoms with Gasteiger partial charge in [0.25, 0.3) is 5.91 Å². The fraction of sp³-hybridized carbons (Fsp3) is 0.308. The predicted octanol–water partition coefficient (Wildman–Crippen LogP) is 5.08. The molecule has 1 amide bonds. The van der Waals surface area contributed by atoms with Gasteiger partial charge in [-0.05, 0) is 60.0 Å². The van der Waals surface area contributed by atoms with Gasteiger partial charge in [-0.3, -0.25) is 9.59 Å². The molecular formula is C26H27BrN2O5. The van der Waals surface area contributed by atoms with Crippen molar-refractivity contribution in [2.45, 2.75) is 32.1 Å². The van der Waals surface area contributed by atoms with E-state index >= 15 is 0 Å². The van der Waals surface area contributed by atoms with Gasteiger partial charge in [-0.15, -0.1) is 0 Å². The number of nitrogens with one attached hydrogen (secondary N) is 2. The standard InChI is InChI=1S/C26H27BrN2O5/c1-14-23(26(31)29-17-8-5-6-11-20(17)32-2)24(25-18(28-14)9-7-10-19(25)30)15-12-22(34-4)16(27)13-21(15)33-3/h5-6,8,11-13,24,28H,7,9-10H2,1-4H3,(H,29,31)/t24-/m0/s1. The quantitative estimate of drug-likeness (QED) is 0.545. The number of allylic oxidation sites excluding steroid dienone is 3. The van der Waals surface area contributed by atoms with Gasteiger partial charge in [-0.2, -0.15) is 0 Å². The minimum absolute atomic E-state index is 0.0257. The second-order valence-electron chi connectivity index (χ2n) is 8.15. The van der Waals surface area contributed by atoms with Crippen LogP contribution in [0.2, 0.25) is 0 Å².